The van der Waals surface area contributed by atoms with Gasteiger partial charge in [0.05, 0.1) is 18.1 Å². The number of aryl methyl sites for hydroxylation is 2. The van der Waals surface area contributed by atoms with Gasteiger partial charge in [0.15, 0.2) is 0 Å². The number of carbonyl (C=O) groups excluding carboxylic acids is 1. The SMILES string of the molecule is Cc1cc(C)cc(NC(=O)Nc2cnc(N(C)C)nc2)c1. The Labute approximate surface area is 124 Å². The van der Waals surface area contributed by atoms with Crippen LogP contribution < -0.4 is 15.5 Å². The minimum atomic E-state index is -0.318. The highest BCUT2D eigenvalue weighted by molar-refractivity contribution is 5.99. The van der Waals surface area contributed by atoms with Crippen molar-refractivity contribution in [1.29, 1.82) is 0 Å². The van der Waals surface area contributed by atoms with Gasteiger partial charge in [0.25, 0.3) is 0 Å². The monoisotopic (exact) mass is 285 g/mol. The molecule has 0 aliphatic rings. The van der Waals surface area contributed by atoms with Crippen LogP contribution in [0.4, 0.5) is 22.1 Å². The predicted octanol–water partition coefficient (Wildman–Crippen LogP) is 2.80. The molecule has 0 aliphatic carbocycles. The van der Waals surface area contributed by atoms with Gasteiger partial charge in [0.1, 0.15) is 0 Å². The van der Waals surface area contributed by atoms with E-state index in [0.717, 1.165) is 16.8 Å². The fourth-order valence-corrected chi connectivity index (χ4v) is 1.96. The summed E-state index contributed by atoms with van der Waals surface area (Å²) < 4.78 is 0. The lowest BCUT2D eigenvalue weighted by atomic mass is 10.1. The van der Waals surface area contributed by atoms with Crippen LogP contribution in [0.5, 0.6) is 0 Å². The van der Waals surface area contributed by atoms with E-state index < -0.39 is 0 Å². The Kier molecular flexibility index (Phi) is 4.37. The Hall–Kier alpha value is -2.63. The van der Waals surface area contributed by atoms with Crippen molar-refractivity contribution in [1.82, 2.24) is 9.97 Å². The minimum Gasteiger partial charge on any atom is -0.347 e. The van der Waals surface area contributed by atoms with E-state index in [2.05, 4.69) is 26.7 Å². The summed E-state index contributed by atoms with van der Waals surface area (Å²) in [6.07, 6.45) is 3.15. The number of hydrogen-bond donors (Lipinski definition) is 2. The molecule has 0 fully saturated rings. The molecule has 2 amide bonds. The molecule has 0 saturated carbocycles. The zero-order valence-corrected chi connectivity index (χ0v) is 12.6. The standard InChI is InChI=1S/C15H19N5O/c1-10-5-11(2)7-12(6-10)18-15(21)19-13-8-16-14(17-9-13)20(3)4/h5-9H,1-4H3,(H2,18,19,21). The Balaban J connectivity index is 2.01. The van der Waals surface area contributed by atoms with Crippen molar-refractivity contribution in [3.05, 3.63) is 41.7 Å². The number of benzene rings is 1. The lowest BCUT2D eigenvalue weighted by Gasteiger charge is -2.11. The van der Waals surface area contributed by atoms with Crippen LogP contribution in [-0.2, 0) is 0 Å². The molecule has 1 aromatic carbocycles. The van der Waals surface area contributed by atoms with E-state index in [-0.39, 0.29) is 6.03 Å². The molecule has 0 radical (unpaired) electrons. The molecule has 0 atom stereocenters. The van der Waals surface area contributed by atoms with Crippen LogP contribution in [0, 0.1) is 13.8 Å². The quantitative estimate of drug-likeness (QED) is 0.909. The normalized spacial score (nSPS) is 10.1. The van der Waals surface area contributed by atoms with Crippen molar-refractivity contribution >= 4 is 23.4 Å². The number of aromatic nitrogens is 2. The molecule has 0 unspecified atom stereocenters. The second-order valence-corrected chi connectivity index (χ2v) is 5.12. The van der Waals surface area contributed by atoms with Crippen molar-refractivity contribution < 1.29 is 4.79 Å². The first kappa shape index (κ1) is 14.8. The maximum Gasteiger partial charge on any atom is 0.323 e. The number of anilines is 3. The molecular formula is C15H19N5O. The summed E-state index contributed by atoms with van der Waals surface area (Å²) in [4.78, 5) is 22.0. The summed E-state index contributed by atoms with van der Waals surface area (Å²) in [6, 6.07) is 5.56. The third-order valence-corrected chi connectivity index (χ3v) is 2.78. The second kappa shape index (κ2) is 6.21. The first-order valence-electron chi connectivity index (χ1n) is 6.60. The van der Waals surface area contributed by atoms with Gasteiger partial charge in [0.2, 0.25) is 5.95 Å². The topological polar surface area (TPSA) is 70.2 Å². The Morgan fingerprint density at radius 2 is 1.48 bits per heavy atom. The van der Waals surface area contributed by atoms with Gasteiger partial charge in [-0.3, -0.25) is 0 Å². The van der Waals surface area contributed by atoms with Gasteiger partial charge in [-0.1, -0.05) is 6.07 Å². The highest BCUT2D eigenvalue weighted by Gasteiger charge is 2.05. The van der Waals surface area contributed by atoms with E-state index in [4.69, 9.17) is 0 Å². The summed E-state index contributed by atoms with van der Waals surface area (Å²) in [5, 5.41) is 5.50. The zero-order valence-electron chi connectivity index (χ0n) is 12.6. The number of rotatable bonds is 3. The maximum absolute atomic E-state index is 11.9. The first-order valence-corrected chi connectivity index (χ1v) is 6.60. The largest absolute Gasteiger partial charge is 0.347 e. The minimum absolute atomic E-state index is 0.318. The van der Waals surface area contributed by atoms with Crippen molar-refractivity contribution in [2.75, 3.05) is 29.6 Å². The molecule has 2 aromatic rings. The molecule has 110 valence electrons. The lowest BCUT2D eigenvalue weighted by molar-refractivity contribution is 0.262. The van der Waals surface area contributed by atoms with Gasteiger partial charge in [-0.2, -0.15) is 0 Å². The van der Waals surface area contributed by atoms with Crippen LogP contribution in [0.1, 0.15) is 11.1 Å². The van der Waals surface area contributed by atoms with Gasteiger partial charge >= 0.3 is 6.03 Å². The first-order chi connectivity index (χ1) is 9.94. The van der Waals surface area contributed by atoms with Gasteiger partial charge in [-0.05, 0) is 37.1 Å². The number of urea groups is 1. The van der Waals surface area contributed by atoms with E-state index in [1.165, 1.54) is 0 Å². The molecule has 2 rings (SSSR count). The third kappa shape index (κ3) is 4.17. The average molecular weight is 285 g/mol. The van der Waals surface area contributed by atoms with Crippen LogP contribution in [0.25, 0.3) is 0 Å². The predicted molar refractivity (Wildman–Crippen MR) is 84.9 cm³/mol. The third-order valence-electron chi connectivity index (χ3n) is 2.78. The average Bonchev–Trinajstić information content (AvgIpc) is 2.37. The van der Waals surface area contributed by atoms with E-state index in [0.29, 0.717) is 11.6 Å². The van der Waals surface area contributed by atoms with Gasteiger partial charge in [-0.15, -0.1) is 0 Å². The van der Waals surface area contributed by atoms with Crippen LogP contribution in [0.3, 0.4) is 0 Å². The van der Waals surface area contributed by atoms with E-state index >= 15 is 0 Å². The van der Waals surface area contributed by atoms with Gasteiger partial charge in [0, 0.05) is 19.8 Å². The number of nitrogens with one attached hydrogen (secondary N) is 2. The Morgan fingerprint density at radius 1 is 0.952 bits per heavy atom. The zero-order chi connectivity index (χ0) is 15.4. The summed E-state index contributed by atoms with van der Waals surface area (Å²) in [6.45, 7) is 3.98. The van der Waals surface area contributed by atoms with Crippen LogP contribution in [0.2, 0.25) is 0 Å². The highest BCUT2D eigenvalue weighted by Crippen LogP contribution is 2.14. The van der Waals surface area contributed by atoms with Crippen LogP contribution in [0.15, 0.2) is 30.6 Å². The fourth-order valence-electron chi connectivity index (χ4n) is 1.96. The summed E-state index contributed by atoms with van der Waals surface area (Å²) in [7, 11) is 3.71. The molecule has 21 heavy (non-hydrogen) atoms. The van der Waals surface area contributed by atoms with Crippen molar-refractivity contribution in [2.24, 2.45) is 0 Å². The number of nitrogens with zero attached hydrogens (tertiary/aromatic N) is 3. The van der Waals surface area contributed by atoms with Crippen LogP contribution >= 0.6 is 0 Å². The van der Waals surface area contributed by atoms with Gasteiger partial charge < -0.3 is 15.5 Å². The number of hydrogen-bond acceptors (Lipinski definition) is 4. The Morgan fingerprint density at radius 3 is 2.00 bits per heavy atom. The smallest absolute Gasteiger partial charge is 0.323 e. The van der Waals surface area contributed by atoms with Crippen molar-refractivity contribution in [3.8, 4) is 0 Å². The number of amides is 2. The summed E-state index contributed by atoms with van der Waals surface area (Å²) in [5.74, 6) is 0.593. The number of carbonyl (C=O) groups is 1. The van der Waals surface area contributed by atoms with Gasteiger partial charge in [-0.25, -0.2) is 14.8 Å². The molecule has 2 N–H and O–H groups in total. The molecule has 0 aliphatic heterocycles. The highest BCUT2D eigenvalue weighted by atomic mass is 16.2. The lowest BCUT2D eigenvalue weighted by Crippen LogP contribution is -2.20. The molecular weight excluding hydrogens is 266 g/mol. The summed E-state index contributed by atoms with van der Waals surface area (Å²) >= 11 is 0. The second-order valence-electron chi connectivity index (χ2n) is 5.12. The Bertz CT molecular complexity index is 617. The molecule has 0 bridgehead atoms. The molecule has 1 aromatic heterocycles. The van der Waals surface area contributed by atoms with E-state index in [1.54, 1.807) is 17.3 Å². The fraction of sp³-hybridized carbons (Fsp3) is 0.267. The molecule has 1 heterocycles. The molecule has 6 heteroatoms. The molecule has 6 nitrogen and oxygen atoms in total. The van der Waals surface area contributed by atoms with Crippen LogP contribution in [-0.4, -0.2) is 30.1 Å². The summed E-state index contributed by atoms with van der Waals surface area (Å²) in [5.41, 5.74) is 3.51. The molecule has 0 saturated heterocycles. The van der Waals surface area contributed by atoms with Crippen molar-refractivity contribution in [3.63, 3.8) is 0 Å². The van der Waals surface area contributed by atoms with E-state index in [1.807, 2.05) is 40.1 Å². The van der Waals surface area contributed by atoms with Crippen molar-refractivity contribution in [2.45, 2.75) is 13.8 Å². The molecule has 0 spiro atoms. The maximum atomic E-state index is 11.9. The van der Waals surface area contributed by atoms with E-state index in [9.17, 15) is 4.79 Å².